The van der Waals surface area contributed by atoms with E-state index in [1.54, 1.807) is 6.08 Å². The fourth-order valence-corrected chi connectivity index (χ4v) is 2.03. The first-order valence-corrected chi connectivity index (χ1v) is 7.65. The maximum absolute atomic E-state index is 5.91. The summed E-state index contributed by atoms with van der Waals surface area (Å²) in [7, 11) is 0. The summed E-state index contributed by atoms with van der Waals surface area (Å²) in [6.07, 6.45) is 19.6. The molecule has 1 heterocycles. The lowest BCUT2D eigenvalue weighted by molar-refractivity contribution is 0.533. The lowest BCUT2D eigenvalue weighted by Gasteiger charge is -2.11. The summed E-state index contributed by atoms with van der Waals surface area (Å²) >= 11 is 5.54. The first kappa shape index (κ1) is 16.3. The highest BCUT2D eigenvalue weighted by molar-refractivity contribution is 6.25. The van der Waals surface area contributed by atoms with Crippen molar-refractivity contribution >= 4 is 29.3 Å². The monoisotopic (exact) mass is 313 g/mol. The van der Waals surface area contributed by atoms with Crippen LogP contribution in [0.15, 0.2) is 58.6 Å². The van der Waals surface area contributed by atoms with Gasteiger partial charge in [-0.05, 0) is 31.2 Å². The topological polar surface area (TPSA) is 26.0 Å². The summed E-state index contributed by atoms with van der Waals surface area (Å²) in [5.41, 5.74) is 3.21. The zero-order valence-electron chi connectivity index (χ0n) is 13.1. The van der Waals surface area contributed by atoms with E-state index < -0.39 is 0 Å². The van der Waals surface area contributed by atoms with Crippen molar-refractivity contribution in [2.75, 3.05) is 0 Å². The predicted octanol–water partition coefficient (Wildman–Crippen LogP) is 6.01. The van der Waals surface area contributed by atoms with Crippen LogP contribution in [0.3, 0.4) is 0 Å². The van der Waals surface area contributed by atoms with Gasteiger partial charge in [0.2, 0.25) is 5.89 Å². The van der Waals surface area contributed by atoms with Crippen LogP contribution in [0.25, 0.3) is 17.7 Å². The van der Waals surface area contributed by atoms with Gasteiger partial charge in [-0.1, -0.05) is 61.9 Å². The Morgan fingerprint density at radius 3 is 2.68 bits per heavy atom. The van der Waals surface area contributed by atoms with Crippen LogP contribution in [-0.4, -0.2) is 4.98 Å². The summed E-state index contributed by atoms with van der Waals surface area (Å²) in [5, 5.41) is 0. The quantitative estimate of drug-likeness (QED) is 0.636. The molecule has 1 aromatic rings. The summed E-state index contributed by atoms with van der Waals surface area (Å²) in [6, 6.07) is 0. The van der Waals surface area contributed by atoms with Gasteiger partial charge in [0.05, 0.1) is 0 Å². The molecule has 1 aromatic heterocycles. The molecule has 2 nitrogen and oxygen atoms in total. The molecule has 0 radical (unpaired) electrons. The van der Waals surface area contributed by atoms with Crippen LogP contribution in [0, 0.1) is 5.41 Å². The van der Waals surface area contributed by atoms with Gasteiger partial charge in [0.15, 0.2) is 5.76 Å². The van der Waals surface area contributed by atoms with E-state index in [1.807, 2.05) is 49.5 Å². The Bertz CT molecular complexity index is 664. The van der Waals surface area contributed by atoms with Crippen molar-refractivity contribution in [1.29, 1.82) is 0 Å². The van der Waals surface area contributed by atoms with E-state index in [4.69, 9.17) is 16.0 Å². The van der Waals surface area contributed by atoms with Crippen LogP contribution in [0.4, 0.5) is 0 Å². The number of aromatic nitrogens is 1. The van der Waals surface area contributed by atoms with E-state index in [1.165, 1.54) is 5.54 Å². The van der Waals surface area contributed by atoms with Crippen molar-refractivity contribution in [2.45, 2.75) is 20.8 Å². The number of hydrogen-bond acceptors (Lipinski definition) is 2. The molecule has 0 amide bonds. The smallest absolute Gasteiger partial charge is 0.227 e. The fourth-order valence-electron chi connectivity index (χ4n) is 1.95. The van der Waals surface area contributed by atoms with Gasteiger partial charge in [-0.15, -0.1) is 0 Å². The molecule has 0 atom stereocenters. The van der Waals surface area contributed by atoms with Gasteiger partial charge in [0.1, 0.15) is 5.69 Å². The average Bonchev–Trinajstić information content (AvgIpc) is 2.84. The van der Waals surface area contributed by atoms with E-state index >= 15 is 0 Å². The van der Waals surface area contributed by atoms with Gasteiger partial charge < -0.3 is 4.42 Å². The zero-order chi connectivity index (χ0) is 16.0. The van der Waals surface area contributed by atoms with Crippen molar-refractivity contribution in [2.24, 2.45) is 5.41 Å². The van der Waals surface area contributed by atoms with Crippen LogP contribution in [-0.2, 0) is 0 Å². The minimum absolute atomic E-state index is 0.0120. The highest BCUT2D eigenvalue weighted by Crippen LogP contribution is 2.29. The third-order valence-corrected chi connectivity index (χ3v) is 3.34. The van der Waals surface area contributed by atoms with Crippen molar-refractivity contribution in [3.05, 3.63) is 71.5 Å². The standard InChI is InChI=1S/C19H20ClNO/c1-4-5-8-15(9-6-7-14-20)18-21-16-10-12-19(2,3)13-11-17(16)22-18/h4-14H,1-3H3/b5-4-,9-6-,14-7+,15-8+. The lowest BCUT2D eigenvalue weighted by Crippen LogP contribution is -2.00. The second kappa shape index (κ2) is 7.28. The van der Waals surface area contributed by atoms with Gasteiger partial charge in [-0.3, -0.25) is 0 Å². The molecule has 0 bridgehead atoms. The first-order valence-electron chi connectivity index (χ1n) is 7.22. The van der Waals surface area contributed by atoms with Crippen LogP contribution in [0.2, 0.25) is 0 Å². The molecular weight excluding hydrogens is 294 g/mol. The summed E-state index contributed by atoms with van der Waals surface area (Å²) in [5.74, 6) is 1.38. The number of halogens is 1. The largest absolute Gasteiger partial charge is 0.436 e. The second-order valence-corrected chi connectivity index (χ2v) is 5.83. The molecule has 22 heavy (non-hydrogen) atoms. The number of rotatable bonds is 4. The van der Waals surface area contributed by atoms with Crippen LogP contribution in [0.5, 0.6) is 0 Å². The van der Waals surface area contributed by atoms with Crippen LogP contribution >= 0.6 is 11.6 Å². The fraction of sp³-hybridized carbons (Fsp3) is 0.211. The predicted molar refractivity (Wildman–Crippen MR) is 95.3 cm³/mol. The minimum Gasteiger partial charge on any atom is -0.436 e. The van der Waals surface area contributed by atoms with E-state index in [-0.39, 0.29) is 5.41 Å². The second-order valence-electron chi connectivity index (χ2n) is 5.58. The highest BCUT2D eigenvalue weighted by Gasteiger charge is 2.17. The molecule has 3 heteroatoms. The summed E-state index contributed by atoms with van der Waals surface area (Å²) in [6.45, 7) is 6.26. The molecule has 0 unspecified atom stereocenters. The number of nitrogens with zero attached hydrogens (tertiary/aromatic N) is 1. The first-order chi connectivity index (χ1) is 10.6. The molecule has 0 saturated heterocycles. The van der Waals surface area contributed by atoms with Crippen molar-refractivity contribution in [1.82, 2.24) is 4.98 Å². The molecule has 0 saturated carbocycles. The Balaban J connectivity index is 2.39. The Morgan fingerprint density at radius 1 is 1.18 bits per heavy atom. The third-order valence-electron chi connectivity index (χ3n) is 3.19. The number of oxazole rings is 1. The van der Waals surface area contributed by atoms with Gasteiger partial charge >= 0.3 is 0 Å². The van der Waals surface area contributed by atoms with Crippen LogP contribution < -0.4 is 0 Å². The van der Waals surface area contributed by atoms with Crippen molar-refractivity contribution in [3.8, 4) is 0 Å². The Kier molecular flexibility index (Phi) is 5.40. The summed E-state index contributed by atoms with van der Waals surface area (Å²) in [4.78, 5) is 4.59. The molecule has 0 spiro atoms. The van der Waals surface area contributed by atoms with Gasteiger partial charge in [-0.2, -0.15) is 0 Å². The normalized spacial score (nSPS) is 17.7. The number of fused-ring (bicyclic) bond motifs is 1. The number of hydrogen-bond donors (Lipinski definition) is 0. The zero-order valence-corrected chi connectivity index (χ0v) is 13.8. The van der Waals surface area contributed by atoms with Crippen LogP contribution in [0.1, 0.15) is 38.1 Å². The average molecular weight is 314 g/mol. The summed E-state index contributed by atoms with van der Waals surface area (Å²) < 4.78 is 5.91. The maximum atomic E-state index is 5.91. The molecule has 2 rings (SSSR count). The molecular formula is C19H20ClNO. The minimum atomic E-state index is 0.0120. The van der Waals surface area contributed by atoms with Gasteiger partial charge in [0, 0.05) is 16.5 Å². The van der Waals surface area contributed by atoms with Crippen molar-refractivity contribution in [3.63, 3.8) is 0 Å². The van der Waals surface area contributed by atoms with Crippen molar-refractivity contribution < 1.29 is 4.42 Å². The van der Waals surface area contributed by atoms with Gasteiger partial charge in [0.25, 0.3) is 0 Å². The molecule has 1 aliphatic carbocycles. The molecule has 114 valence electrons. The highest BCUT2D eigenvalue weighted by atomic mass is 35.5. The van der Waals surface area contributed by atoms with E-state index in [0.29, 0.717) is 5.89 Å². The molecule has 0 aliphatic heterocycles. The Morgan fingerprint density at radius 2 is 1.95 bits per heavy atom. The molecule has 0 fully saturated rings. The van der Waals surface area contributed by atoms with E-state index in [0.717, 1.165) is 17.0 Å². The molecule has 1 aliphatic rings. The third kappa shape index (κ3) is 4.22. The Labute approximate surface area is 136 Å². The van der Waals surface area contributed by atoms with Gasteiger partial charge in [-0.25, -0.2) is 4.98 Å². The van der Waals surface area contributed by atoms with E-state index in [9.17, 15) is 0 Å². The molecule has 0 N–H and O–H groups in total. The Hall–Kier alpha value is -2.06. The molecule has 0 aromatic carbocycles. The maximum Gasteiger partial charge on any atom is 0.227 e. The van der Waals surface area contributed by atoms with E-state index in [2.05, 4.69) is 31.0 Å². The number of allylic oxidation sites excluding steroid dienone is 9. The SMILES string of the molecule is C\C=C/C=C(\C=C/C=C/Cl)c1nc2c(o1)C=CC(C)(C)C=C2. The lowest BCUT2D eigenvalue weighted by atomic mass is 9.93.